The molecule has 0 unspecified atom stereocenters. The van der Waals surface area contributed by atoms with E-state index >= 15 is 8.78 Å². The molecule has 0 saturated carbocycles. The molecule has 16 nitrogen and oxygen atoms in total. The molecule has 0 bridgehead atoms. The van der Waals surface area contributed by atoms with Gasteiger partial charge in [0.15, 0.2) is 11.6 Å². The normalized spacial score (nSPS) is 22.1. The Morgan fingerprint density at radius 1 is 0.681 bits per heavy atom. The molecule has 2 aromatic heterocycles. The number of carbonyl (C=O) groups is 4. The van der Waals surface area contributed by atoms with Crippen molar-refractivity contribution >= 4 is 57.4 Å². The number of halogens is 2. The summed E-state index contributed by atoms with van der Waals surface area (Å²) in [5, 5.41) is 14.6. The Kier molecular flexibility index (Phi) is 13.5. The molecule has 5 N–H and O–H groups in total. The van der Waals surface area contributed by atoms with Gasteiger partial charge < -0.3 is 50.0 Å². The van der Waals surface area contributed by atoms with E-state index in [4.69, 9.17) is 14.7 Å². The Bertz CT molecular complexity index is 2710. The summed E-state index contributed by atoms with van der Waals surface area (Å²) in [6, 6.07) is 12.0. The number of H-pyrrole nitrogens is 2. The minimum absolute atomic E-state index is 0.00823. The van der Waals surface area contributed by atoms with Crippen LogP contribution < -0.4 is 20.4 Å². The molecular weight excluding hydrogens is 887 g/mol. The van der Waals surface area contributed by atoms with Gasteiger partial charge in [-0.05, 0) is 117 Å². The summed E-state index contributed by atoms with van der Waals surface area (Å²) in [5.41, 5.74) is 5.26. The second-order valence-electron chi connectivity index (χ2n) is 20.1. The van der Waals surface area contributed by atoms with Gasteiger partial charge in [-0.25, -0.2) is 28.3 Å². The maximum atomic E-state index is 16.5. The van der Waals surface area contributed by atoms with Gasteiger partial charge in [0.1, 0.15) is 29.4 Å². The number of alkyl carbamates (subject to hydrolysis) is 1. The van der Waals surface area contributed by atoms with Crippen molar-refractivity contribution < 1.29 is 37.8 Å². The Hall–Kier alpha value is -6.46. The third kappa shape index (κ3) is 9.38. The number of nitrogens with one attached hydrogen (secondary N) is 4. The predicted octanol–water partition coefficient (Wildman–Crippen LogP) is 9.04. The van der Waals surface area contributed by atoms with Crippen molar-refractivity contribution in [2.75, 3.05) is 43.1 Å². The molecule has 4 saturated heterocycles. The summed E-state index contributed by atoms with van der Waals surface area (Å²) in [6.45, 7) is 11.7. The largest absolute Gasteiger partial charge is 0.465 e. The van der Waals surface area contributed by atoms with Crippen LogP contribution in [-0.2, 0) is 14.3 Å². The van der Waals surface area contributed by atoms with Crippen LogP contribution in [0.4, 0.5) is 29.7 Å². The molecule has 4 aliphatic heterocycles. The quantitative estimate of drug-likeness (QED) is 0.0806. The molecule has 5 aromatic rings. The average molecular weight is 951 g/mol. The number of fused-ring (bicyclic) bond motifs is 2. The number of piperidine rings is 1. The van der Waals surface area contributed by atoms with Crippen molar-refractivity contribution in [1.82, 2.24) is 40.4 Å². The first-order valence-electron chi connectivity index (χ1n) is 24.6. The average Bonchev–Trinajstić information content (AvgIpc) is 4.18. The molecule has 0 spiro atoms. The molecule has 6 atom stereocenters. The van der Waals surface area contributed by atoms with Gasteiger partial charge in [0.25, 0.3) is 0 Å². The number of anilines is 2. The topological polar surface area (TPSA) is 192 Å². The molecule has 9 rings (SSSR count). The number of nitrogens with zero attached hydrogens (tertiary/aromatic N) is 6. The third-order valence-electron chi connectivity index (χ3n) is 14.9. The SMILES string of the molecule is COC(=O)N[C@H](C(=O)N1CCC[C@H]1c1nc2ccc([C@H]3CC[C@H](c4ccc5nc([C@@H]6CCCN6C(=O)[C@@H](NC(=O)O)C(C)C)[nH]c5c4)N3c3cc(F)c(N4CCC(C)CC4)c(F)c3)cc2[nH]1)C(C)C. The van der Waals surface area contributed by atoms with Gasteiger partial charge in [-0.15, -0.1) is 0 Å². The van der Waals surface area contributed by atoms with E-state index in [1.807, 2.05) is 69.0 Å². The van der Waals surface area contributed by atoms with Crippen LogP contribution >= 0.6 is 0 Å². The number of rotatable bonds is 12. The van der Waals surface area contributed by atoms with Gasteiger partial charge in [0.05, 0.1) is 53.3 Å². The van der Waals surface area contributed by atoms with Crippen LogP contribution in [0.1, 0.15) is 133 Å². The van der Waals surface area contributed by atoms with Crippen molar-refractivity contribution in [3.8, 4) is 0 Å². The Morgan fingerprint density at radius 3 is 1.61 bits per heavy atom. The minimum atomic E-state index is -1.25. The Labute approximate surface area is 400 Å². The summed E-state index contributed by atoms with van der Waals surface area (Å²) in [4.78, 5) is 75.8. The monoisotopic (exact) mass is 950 g/mol. The fourth-order valence-electron chi connectivity index (χ4n) is 11.2. The molecule has 6 heterocycles. The number of methoxy groups -OCH3 is 1. The van der Waals surface area contributed by atoms with E-state index in [1.54, 1.807) is 9.80 Å². The highest BCUT2D eigenvalue weighted by Gasteiger charge is 2.41. The van der Waals surface area contributed by atoms with Gasteiger partial charge in [0, 0.05) is 31.9 Å². The molecule has 368 valence electrons. The highest BCUT2D eigenvalue weighted by Crippen LogP contribution is 2.49. The molecule has 4 aliphatic rings. The lowest BCUT2D eigenvalue weighted by Gasteiger charge is -2.35. The second-order valence-corrected chi connectivity index (χ2v) is 20.1. The zero-order chi connectivity index (χ0) is 48.8. The van der Waals surface area contributed by atoms with E-state index in [0.29, 0.717) is 80.6 Å². The van der Waals surface area contributed by atoms with Crippen molar-refractivity contribution in [3.05, 3.63) is 82.9 Å². The fraction of sp³-hybridized carbons (Fsp3) is 0.529. The zero-order valence-corrected chi connectivity index (χ0v) is 40.2. The summed E-state index contributed by atoms with van der Waals surface area (Å²) in [7, 11) is 1.27. The summed E-state index contributed by atoms with van der Waals surface area (Å²) < 4.78 is 37.8. The van der Waals surface area contributed by atoms with Crippen LogP contribution in [0.25, 0.3) is 22.1 Å². The smallest absolute Gasteiger partial charge is 0.407 e. The van der Waals surface area contributed by atoms with E-state index in [2.05, 4.69) is 32.4 Å². The summed E-state index contributed by atoms with van der Waals surface area (Å²) >= 11 is 0. The van der Waals surface area contributed by atoms with E-state index in [1.165, 1.54) is 19.2 Å². The lowest BCUT2D eigenvalue weighted by atomic mass is 9.98. The molecule has 0 aliphatic carbocycles. The number of carbonyl (C=O) groups excluding carboxylic acids is 3. The molecule has 3 aromatic carbocycles. The molecule has 4 fully saturated rings. The second kappa shape index (κ2) is 19.5. The maximum absolute atomic E-state index is 16.5. The standard InChI is InChI=1S/C51H64F2N10O6/c1-27(2)43(58-50(66)67)48(64)61-19-7-9-41(61)46-54-35-13-11-30(23-37(35)56-46)39-15-16-40(63(39)32-25-33(52)45(34(53)26-32)60-21-17-29(5)18-22-60)31-12-14-36-38(24-31)57-47(55-36)42-10-8-20-62(42)49(65)44(28(3)4)59-51(68)69-6/h11-14,23-29,39-44,58H,7-10,15-22H2,1-6H3,(H,54,56)(H,55,57)(H,59,68)(H,66,67)/t39-,40-,41+,42+,43+,44+/m1/s1. The molecule has 4 amide bonds. The summed E-state index contributed by atoms with van der Waals surface area (Å²) in [6.07, 6.45) is 4.05. The van der Waals surface area contributed by atoms with Gasteiger partial charge in [-0.2, -0.15) is 0 Å². The van der Waals surface area contributed by atoms with E-state index in [-0.39, 0.29) is 53.5 Å². The Balaban J connectivity index is 1.04. The first-order valence-corrected chi connectivity index (χ1v) is 24.6. The van der Waals surface area contributed by atoms with Crippen LogP contribution in [0.5, 0.6) is 0 Å². The molecule has 0 radical (unpaired) electrons. The third-order valence-corrected chi connectivity index (χ3v) is 14.9. The first-order chi connectivity index (χ1) is 33.1. The maximum Gasteiger partial charge on any atom is 0.407 e. The van der Waals surface area contributed by atoms with Gasteiger partial charge in [-0.1, -0.05) is 46.8 Å². The van der Waals surface area contributed by atoms with Crippen LogP contribution in [0, 0.1) is 29.4 Å². The summed E-state index contributed by atoms with van der Waals surface area (Å²) in [5.74, 6) is -0.340. The lowest BCUT2D eigenvalue weighted by Crippen LogP contribution is -2.51. The number of hydrogen-bond acceptors (Lipinski definition) is 9. The van der Waals surface area contributed by atoms with Crippen LogP contribution in [0.2, 0.25) is 0 Å². The number of imidazole rings is 2. The molecule has 69 heavy (non-hydrogen) atoms. The van der Waals surface area contributed by atoms with Crippen LogP contribution in [0.15, 0.2) is 48.5 Å². The zero-order valence-electron chi connectivity index (χ0n) is 40.2. The number of amides is 4. The Morgan fingerprint density at radius 2 is 1.16 bits per heavy atom. The number of hydrogen-bond donors (Lipinski definition) is 5. The number of carboxylic acid groups (broad SMARTS) is 1. The number of aromatic amines is 2. The van der Waals surface area contributed by atoms with Gasteiger partial charge in [-0.3, -0.25) is 9.59 Å². The minimum Gasteiger partial charge on any atom is -0.465 e. The molecular formula is C51H64F2N10O6. The van der Waals surface area contributed by atoms with E-state index in [0.717, 1.165) is 53.4 Å². The van der Waals surface area contributed by atoms with Crippen molar-refractivity contribution in [2.45, 2.75) is 122 Å². The van der Waals surface area contributed by atoms with Gasteiger partial charge >= 0.3 is 12.2 Å². The first kappa shape index (κ1) is 47.6. The number of ether oxygens (including phenoxy) is 1. The van der Waals surface area contributed by atoms with E-state index < -0.39 is 35.9 Å². The number of benzene rings is 3. The van der Waals surface area contributed by atoms with Crippen molar-refractivity contribution in [3.63, 3.8) is 0 Å². The van der Waals surface area contributed by atoms with Crippen LogP contribution in [0.3, 0.4) is 0 Å². The number of aromatic nitrogens is 4. The highest BCUT2D eigenvalue weighted by molar-refractivity contribution is 5.87. The van der Waals surface area contributed by atoms with Crippen molar-refractivity contribution in [1.29, 1.82) is 0 Å². The number of likely N-dealkylation sites (tertiary alicyclic amines) is 2. The fourth-order valence-corrected chi connectivity index (χ4v) is 11.2. The molecule has 18 heteroatoms. The predicted molar refractivity (Wildman–Crippen MR) is 258 cm³/mol. The van der Waals surface area contributed by atoms with Crippen LogP contribution in [-0.4, -0.2) is 104 Å². The van der Waals surface area contributed by atoms with E-state index in [9.17, 15) is 24.3 Å². The van der Waals surface area contributed by atoms with Gasteiger partial charge in [0.2, 0.25) is 11.8 Å². The van der Waals surface area contributed by atoms with Crippen molar-refractivity contribution in [2.24, 2.45) is 17.8 Å². The lowest BCUT2D eigenvalue weighted by molar-refractivity contribution is -0.136. The highest BCUT2D eigenvalue weighted by atomic mass is 19.1.